The zero-order valence-corrected chi connectivity index (χ0v) is 15.6. The summed E-state index contributed by atoms with van der Waals surface area (Å²) in [6, 6.07) is 0. The standard InChI is InChI=1S/C21H37N/c1-7-12-15-18(6)21(22,19(10-4)16-13-8-2)20(11-5)17-14-9-3/h10,12-18,20H,7-9,11,22H2,1-6H3/b15-12-,16-13-,17-14-,19-10+. The molecule has 0 aliphatic rings. The maximum atomic E-state index is 7.05. The van der Waals surface area contributed by atoms with Crippen LogP contribution in [0.3, 0.4) is 0 Å². The average Bonchev–Trinajstić information content (AvgIpc) is 2.53. The highest BCUT2D eigenvalue weighted by molar-refractivity contribution is 5.35. The molecule has 0 aromatic heterocycles. The first-order valence-corrected chi connectivity index (χ1v) is 8.98. The molecule has 0 aliphatic heterocycles. The van der Waals surface area contributed by atoms with Crippen LogP contribution in [-0.4, -0.2) is 5.54 Å². The van der Waals surface area contributed by atoms with Crippen LogP contribution in [0.4, 0.5) is 0 Å². The van der Waals surface area contributed by atoms with Gasteiger partial charge in [-0.3, -0.25) is 0 Å². The molecular weight excluding hydrogens is 266 g/mol. The Hall–Kier alpha value is -1.08. The molecule has 0 amide bonds. The van der Waals surface area contributed by atoms with Gasteiger partial charge in [-0.1, -0.05) is 77.2 Å². The van der Waals surface area contributed by atoms with E-state index in [4.69, 9.17) is 5.73 Å². The fourth-order valence-electron chi connectivity index (χ4n) is 2.98. The van der Waals surface area contributed by atoms with Crippen molar-refractivity contribution in [3.63, 3.8) is 0 Å². The number of hydrogen-bond acceptors (Lipinski definition) is 1. The molecule has 0 fully saturated rings. The quantitative estimate of drug-likeness (QED) is 0.378. The third-order valence-corrected chi connectivity index (χ3v) is 4.42. The van der Waals surface area contributed by atoms with Gasteiger partial charge in [-0.05, 0) is 50.0 Å². The Morgan fingerprint density at radius 2 is 1.50 bits per heavy atom. The molecule has 0 saturated carbocycles. The van der Waals surface area contributed by atoms with Crippen LogP contribution in [0.15, 0.2) is 48.1 Å². The first-order valence-electron chi connectivity index (χ1n) is 8.98. The minimum Gasteiger partial charge on any atom is -0.320 e. The molecule has 0 bridgehead atoms. The first kappa shape index (κ1) is 20.9. The van der Waals surface area contributed by atoms with Crippen LogP contribution in [0.2, 0.25) is 0 Å². The molecule has 0 aromatic carbocycles. The highest BCUT2D eigenvalue weighted by atomic mass is 14.8. The summed E-state index contributed by atoms with van der Waals surface area (Å²) in [5, 5.41) is 0. The predicted octanol–water partition coefficient (Wildman–Crippen LogP) is 6.19. The van der Waals surface area contributed by atoms with Gasteiger partial charge in [0.2, 0.25) is 0 Å². The molecule has 1 heteroatoms. The normalized spacial score (nSPS) is 19.1. The molecule has 3 unspecified atom stereocenters. The summed E-state index contributed by atoms with van der Waals surface area (Å²) < 4.78 is 0. The highest BCUT2D eigenvalue weighted by Gasteiger charge is 2.38. The van der Waals surface area contributed by atoms with Gasteiger partial charge in [0, 0.05) is 0 Å². The van der Waals surface area contributed by atoms with E-state index in [-0.39, 0.29) is 5.54 Å². The van der Waals surface area contributed by atoms with Gasteiger partial charge < -0.3 is 5.73 Å². The van der Waals surface area contributed by atoms with Crippen LogP contribution >= 0.6 is 0 Å². The fraction of sp³-hybridized carbons (Fsp3) is 0.619. The van der Waals surface area contributed by atoms with Gasteiger partial charge in [-0.15, -0.1) is 0 Å². The lowest BCUT2D eigenvalue weighted by Crippen LogP contribution is -2.52. The maximum absolute atomic E-state index is 7.05. The van der Waals surface area contributed by atoms with Gasteiger partial charge in [-0.25, -0.2) is 0 Å². The van der Waals surface area contributed by atoms with Crippen molar-refractivity contribution in [2.75, 3.05) is 0 Å². The largest absolute Gasteiger partial charge is 0.320 e. The van der Waals surface area contributed by atoms with Gasteiger partial charge in [0.05, 0.1) is 5.54 Å². The number of hydrogen-bond donors (Lipinski definition) is 1. The van der Waals surface area contributed by atoms with E-state index in [0.717, 1.165) is 25.7 Å². The topological polar surface area (TPSA) is 26.0 Å². The Bertz CT molecular complexity index is 400. The molecule has 22 heavy (non-hydrogen) atoms. The Kier molecular flexibility index (Phi) is 10.9. The van der Waals surface area contributed by atoms with E-state index in [1.165, 1.54) is 5.57 Å². The zero-order valence-electron chi connectivity index (χ0n) is 15.6. The Balaban J connectivity index is 5.86. The van der Waals surface area contributed by atoms with Crippen molar-refractivity contribution in [2.24, 2.45) is 17.6 Å². The van der Waals surface area contributed by atoms with Crippen molar-refractivity contribution >= 4 is 0 Å². The highest BCUT2D eigenvalue weighted by Crippen LogP contribution is 2.36. The Morgan fingerprint density at radius 1 is 0.955 bits per heavy atom. The molecule has 0 radical (unpaired) electrons. The van der Waals surface area contributed by atoms with E-state index in [1.54, 1.807) is 0 Å². The Morgan fingerprint density at radius 3 is 1.95 bits per heavy atom. The van der Waals surface area contributed by atoms with Crippen LogP contribution in [0.5, 0.6) is 0 Å². The number of nitrogens with two attached hydrogens (primary N) is 1. The van der Waals surface area contributed by atoms with Gasteiger partial charge in [-0.2, -0.15) is 0 Å². The lowest BCUT2D eigenvalue weighted by molar-refractivity contribution is 0.300. The van der Waals surface area contributed by atoms with E-state index >= 15 is 0 Å². The van der Waals surface area contributed by atoms with Gasteiger partial charge in [0.15, 0.2) is 0 Å². The summed E-state index contributed by atoms with van der Waals surface area (Å²) in [5.41, 5.74) is 7.94. The summed E-state index contributed by atoms with van der Waals surface area (Å²) in [6.07, 6.45) is 19.9. The lowest BCUT2D eigenvalue weighted by atomic mass is 9.68. The van der Waals surface area contributed by atoms with Crippen molar-refractivity contribution in [3.8, 4) is 0 Å². The monoisotopic (exact) mass is 303 g/mol. The van der Waals surface area contributed by atoms with Crippen molar-refractivity contribution in [1.29, 1.82) is 0 Å². The molecule has 3 atom stereocenters. The lowest BCUT2D eigenvalue weighted by Gasteiger charge is -2.41. The van der Waals surface area contributed by atoms with Crippen LogP contribution in [-0.2, 0) is 0 Å². The van der Waals surface area contributed by atoms with Crippen molar-refractivity contribution in [3.05, 3.63) is 48.1 Å². The Labute approximate surface area is 139 Å². The van der Waals surface area contributed by atoms with Crippen molar-refractivity contribution < 1.29 is 0 Å². The summed E-state index contributed by atoms with van der Waals surface area (Å²) in [5.74, 6) is 0.642. The molecular formula is C21H37N. The third-order valence-electron chi connectivity index (χ3n) is 4.42. The predicted molar refractivity (Wildman–Crippen MR) is 102 cm³/mol. The molecule has 0 saturated heterocycles. The fourth-order valence-corrected chi connectivity index (χ4v) is 2.98. The van der Waals surface area contributed by atoms with Crippen LogP contribution in [0.1, 0.15) is 67.2 Å². The summed E-state index contributed by atoms with van der Waals surface area (Å²) in [6.45, 7) is 13.1. The first-order chi connectivity index (χ1) is 10.5. The minimum absolute atomic E-state index is 0.298. The van der Waals surface area contributed by atoms with E-state index < -0.39 is 0 Å². The third kappa shape index (κ3) is 5.61. The maximum Gasteiger partial charge on any atom is 0.0530 e. The van der Waals surface area contributed by atoms with E-state index in [0.29, 0.717) is 11.8 Å². The molecule has 0 aliphatic carbocycles. The molecule has 126 valence electrons. The average molecular weight is 304 g/mol. The number of rotatable bonds is 10. The van der Waals surface area contributed by atoms with E-state index in [2.05, 4.69) is 84.1 Å². The summed E-state index contributed by atoms with van der Waals surface area (Å²) in [4.78, 5) is 0. The molecule has 0 rings (SSSR count). The van der Waals surface area contributed by atoms with Crippen LogP contribution < -0.4 is 5.73 Å². The smallest absolute Gasteiger partial charge is 0.0530 e. The second-order valence-corrected chi connectivity index (χ2v) is 5.96. The van der Waals surface area contributed by atoms with Crippen LogP contribution in [0, 0.1) is 11.8 Å². The van der Waals surface area contributed by atoms with Crippen LogP contribution in [0.25, 0.3) is 0 Å². The van der Waals surface area contributed by atoms with Gasteiger partial charge in [0.25, 0.3) is 0 Å². The van der Waals surface area contributed by atoms with Crippen molar-refractivity contribution in [2.45, 2.75) is 72.8 Å². The van der Waals surface area contributed by atoms with Gasteiger partial charge >= 0.3 is 0 Å². The SMILES string of the molecule is C/C=C(\C=C/CC)C(N)(C(C)/C=C\CC)C(/C=C\CC)CC. The molecule has 2 N–H and O–H groups in total. The molecule has 0 aromatic rings. The molecule has 0 heterocycles. The zero-order chi connectivity index (χ0) is 17.0. The number of allylic oxidation sites excluding steroid dienone is 4. The van der Waals surface area contributed by atoms with E-state index in [1.807, 2.05) is 0 Å². The second-order valence-electron chi connectivity index (χ2n) is 5.96. The van der Waals surface area contributed by atoms with Gasteiger partial charge in [0.1, 0.15) is 0 Å². The minimum atomic E-state index is -0.355. The van der Waals surface area contributed by atoms with E-state index in [9.17, 15) is 0 Å². The van der Waals surface area contributed by atoms with Crippen molar-refractivity contribution in [1.82, 2.24) is 0 Å². The molecule has 0 spiro atoms. The second kappa shape index (κ2) is 11.5. The summed E-state index contributed by atoms with van der Waals surface area (Å²) in [7, 11) is 0. The molecule has 1 nitrogen and oxygen atoms in total. The summed E-state index contributed by atoms with van der Waals surface area (Å²) >= 11 is 0.